The van der Waals surface area contributed by atoms with E-state index in [1.54, 1.807) is 0 Å². The third-order valence-electron chi connectivity index (χ3n) is 3.65. The molecule has 0 spiro atoms. The van der Waals surface area contributed by atoms with E-state index in [0.29, 0.717) is 23.6 Å². The molecule has 3 heteroatoms. The van der Waals surface area contributed by atoms with Gasteiger partial charge in [0.15, 0.2) is 0 Å². The minimum absolute atomic E-state index is 0.270. The zero-order chi connectivity index (χ0) is 13.1. The van der Waals surface area contributed by atoms with Gasteiger partial charge < -0.3 is 10.1 Å². The van der Waals surface area contributed by atoms with Crippen LogP contribution in [0.15, 0.2) is 24.3 Å². The minimum atomic E-state index is -0.270. The van der Waals surface area contributed by atoms with Gasteiger partial charge >= 0.3 is 5.97 Å². The molecule has 0 aromatic heterocycles. The summed E-state index contributed by atoms with van der Waals surface area (Å²) in [7, 11) is 1.41. The quantitative estimate of drug-likeness (QED) is 0.817. The molecule has 1 aliphatic heterocycles. The number of nitrogens with one attached hydrogen (secondary N) is 1. The Morgan fingerprint density at radius 1 is 1.17 bits per heavy atom. The molecule has 3 nitrogen and oxygen atoms in total. The Balaban J connectivity index is 2.11. The van der Waals surface area contributed by atoms with E-state index >= 15 is 0 Å². The van der Waals surface area contributed by atoms with Gasteiger partial charge in [-0.15, -0.1) is 0 Å². The molecule has 98 valence electrons. The molecular weight excluding hydrogens is 226 g/mol. The van der Waals surface area contributed by atoms with Crippen molar-refractivity contribution in [3.63, 3.8) is 0 Å². The molecule has 1 N–H and O–H groups in total. The van der Waals surface area contributed by atoms with Crippen molar-refractivity contribution in [1.82, 2.24) is 5.32 Å². The average Bonchev–Trinajstić information content (AvgIpc) is 2.37. The maximum absolute atomic E-state index is 11.4. The number of piperidine rings is 1. The van der Waals surface area contributed by atoms with Crippen LogP contribution in [-0.4, -0.2) is 25.2 Å². The lowest BCUT2D eigenvalue weighted by molar-refractivity contribution is 0.0600. The molecule has 2 rings (SSSR count). The zero-order valence-corrected chi connectivity index (χ0v) is 11.3. The third kappa shape index (κ3) is 2.91. The fourth-order valence-corrected chi connectivity index (χ4v) is 2.85. The van der Waals surface area contributed by atoms with E-state index in [1.165, 1.54) is 12.7 Å². The largest absolute Gasteiger partial charge is 0.465 e. The summed E-state index contributed by atoms with van der Waals surface area (Å²) in [6.45, 7) is 4.46. The minimum Gasteiger partial charge on any atom is -0.465 e. The van der Waals surface area contributed by atoms with E-state index in [2.05, 4.69) is 31.3 Å². The lowest BCUT2D eigenvalue weighted by Crippen LogP contribution is -2.41. The van der Waals surface area contributed by atoms with E-state index in [1.807, 2.05) is 12.1 Å². The van der Waals surface area contributed by atoms with Crippen LogP contribution >= 0.6 is 0 Å². The molecule has 1 aromatic rings. The van der Waals surface area contributed by atoms with Crippen molar-refractivity contribution < 1.29 is 9.53 Å². The van der Waals surface area contributed by atoms with Gasteiger partial charge in [-0.3, -0.25) is 0 Å². The number of hydrogen-bond acceptors (Lipinski definition) is 3. The van der Waals surface area contributed by atoms with Gasteiger partial charge in [-0.25, -0.2) is 4.79 Å². The van der Waals surface area contributed by atoms with E-state index in [0.717, 1.165) is 12.8 Å². The molecule has 0 amide bonds. The Morgan fingerprint density at radius 3 is 2.22 bits per heavy atom. The number of carbonyl (C=O) groups is 1. The predicted molar refractivity (Wildman–Crippen MR) is 71.8 cm³/mol. The van der Waals surface area contributed by atoms with E-state index in [-0.39, 0.29) is 5.97 Å². The second-order valence-corrected chi connectivity index (χ2v) is 5.25. The van der Waals surface area contributed by atoms with Crippen molar-refractivity contribution in [3.8, 4) is 0 Å². The Bertz CT molecular complexity index is 403. The molecule has 2 unspecified atom stereocenters. The van der Waals surface area contributed by atoms with Crippen molar-refractivity contribution in [2.45, 2.75) is 44.7 Å². The average molecular weight is 247 g/mol. The van der Waals surface area contributed by atoms with Crippen molar-refractivity contribution in [1.29, 1.82) is 0 Å². The summed E-state index contributed by atoms with van der Waals surface area (Å²) in [5.41, 5.74) is 1.94. The lowest BCUT2D eigenvalue weighted by atomic mass is 9.83. The van der Waals surface area contributed by atoms with Crippen LogP contribution in [0.3, 0.4) is 0 Å². The first kappa shape index (κ1) is 13.1. The summed E-state index contributed by atoms with van der Waals surface area (Å²) >= 11 is 0. The number of ether oxygens (including phenoxy) is 1. The highest BCUT2D eigenvalue weighted by atomic mass is 16.5. The van der Waals surface area contributed by atoms with E-state index in [9.17, 15) is 4.79 Å². The highest BCUT2D eigenvalue weighted by Gasteiger charge is 2.24. The SMILES string of the molecule is COC(=O)c1ccc(C2CC(C)NC(C)C2)cc1. The second-order valence-electron chi connectivity index (χ2n) is 5.25. The first-order valence-corrected chi connectivity index (χ1v) is 6.54. The van der Waals surface area contributed by atoms with Crippen LogP contribution in [0.2, 0.25) is 0 Å². The lowest BCUT2D eigenvalue weighted by Gasteiger charge is -2.33. The maximum Gasteiger partial charge on any atom is 0.337 e. The summed E-state index contributed by atoms with van der Waals surface area (Å²) in [5.74, 6) is 0.316. The van der Waals surface area contributed by atoms with Crippen LogP contribution in [0.1, 0.15) is 48.5 Å². The fraction of sp³-hybridized carbons (Fsp3) is 0.533. The van der Waals surface area contributed by atoms with Crippen molar-refractivity contribution >= 4 is 5.97 Å². The van der Waals surface area contributed by atoms with Gasteiger partial charge in [-0.2, -0.15) is 0 Å². The molecule has 1 fully saturated rings. The Morgan fingerprint density at radius 2 is 1.72 bits per heavy atom. The number of methoxy groups -OCH3 is 1. The predicted octanol–water partition coefficient (Wildman–Crippen LogP) is 2.72. The maximum atomic E-state index is 11.4. The molecular formula is C15H21NO2. The second kappa shape index (κ2) is 5.53. The van der Waals surface area contributed by atoms with Crippen LogP contribution in [0.4, 0.5) is 0 Å². The van der Waals surface area contributed by atoms with Gasteiger partial charge in [0.05, 0.1) is 12.7 Å². The highest BCUT2D eigenvalue weighted by Crippen LogP contribution is 2.30. The summed E-state index contributed by atoms with van der Waals surface area (Å²) in [6, 6.07) is 8.94. The van der Waals surface area contributed by atoms with Gasteiger partial charge in [-0.05, 0) is 50.3 Å². The number of rotatable bonds is 2. The topological polar surface area (TPSA) is 38.3 Å². The van der Waals surface area contributed by atoms with Crippen LogP contribution in [0.5, 0.6) is 0 Å². The first-order chi connectivity index (χ1) is 8.60. The molecule has 1 aromatic carbocycles. The van der Waals surface area contributed by atoms with E-state index < -0.39 is 0 Å². The fourth-order valence-electron chi connectivity index (χ4n) is 2.85. The molecule has 1 aliphatic rings. The van der Waals surface area contributed by atoms with Gasteiger partial charge in [0.25, 0.3) is 0 Å². The molecule has 2 atom stereocenters. The van der Waals surface area contributed by atoms with Gasteiger partial charge in [0.1, 0.15) is 0 Å². The highest BCUT2D eigenvalue weighted by molar-refractivity contribution is 5.89. The number of benzene rings is 1. The molecule has 0 bridgehead atoms. The number of carbonyl (C=O) groups excluding carboxylic acids is 1. The molecule has 18 heavy (non-hydrogen) atoms. The van der Waals surface area contributed by atoms with Crippen molar-refractivity contribution in [2.24, 2.45) is 0 Å². The van der Waals surface area contributed by atoms with Crippen molar-refractivity contribution in [2.75, 3.05) is 7.11 Å². The van der Waals surface area contributed by atoms with Crippen LogP contribution in [0, 0.1) is 0 Å². The van der Waals surface area contributed by atoms with Gasteiger partial charge in [0.2, 0.25) is 0 Å². The Labute approximate surface area is 109 Å². The standard InChI is InChI=1S/C15H21NO2/c1-10-8-14(9-11(2)16-10)12-4-6-13(7-5-12)15(17)18-3/h4-7,10-11,14,16H,8-9H2,1-3H3. The van der Waals surface area contributed by atoms with Crippen LogP contribution < -0.4 is 5.32 Å². The normalized spacial score (nSPS) is 27.8. The number of hydrogen-bond donors (Lipinski definition) is 1. The van der Waals surface area contributed by atoms with Crippen molar-refractivity contribution in [3.05, 3.63) is 35.4 Å². The molecule has 1 saturated heterocycles. The Kier molecular flexibility index (Phi) is 4.02. The summed E-state index contributed by atoms with van der Waals surface area (Å²) in [6.07, 6.45) is 2.31. The third-order valence-corrected chi connectivity index (χ3v) is 3.65. The summed E-state index contributed by atoms with van der Waals surface area (Å²) < 4.78 is 4.71. The molecule has 1 heterocycles. The summed E-state index contributed by atoms with van der Waals surface area (Å²) in [5, 5.41) is 3.54. The number of esters is 1. The van der Waals surface area contributed by atoms with Gasteiger partial charge in [0, 0.05) is 12.1 Å². The monoisotopic (exact) mass is 247 g/mol. The molecule has 0 radical (unpaired) electrons. The van der Waals surface area contributed by atoms with Gasteiger partial charge in [-0.1, -0.05) is 12.1 Å². The zero-order valence-electron chi connectivity index (χ0n) is 11.3. The first-order valence-electron chi connectivity index (χ1n) is 6.54. The van der Waals surface area contributed by atoms with Crippen LogP contribution in [-0.2, 0) is 4.74 Å². The molecule has 0 aliphatic carbocycles. The van der Waals surface area contributed by atoms with E-state index in [4.69, 9.17) is 4.74 Å². The van der Waals surface area contributed by atoms with Crippen LogP contribution in [0.25, 0.3) is 0 Å². The summed E-state index contributed by atoms with van der Waals surface area (Å²) in [4.78, 5) is 11.4. The Hall–Kier alpha value is -1.35. The smallest absolute Gasteiger partial charge is 0.337 e. The molecule has 0 saturated carbocycles.